The van der Waals surface area contributed by atoms with Gasteiger partial charge in [-0.15, -0.1) is 0 Å². The first kappa shape index (κ1) is 19.7. The first-order chi connectivity index (χ1) is 13.3. The lowest BCUT2D eigenvalue weighted by molar-refractivity contribution is 0.102. The van der Waals surface area contributed by atoms with Crippen LogP contribution in [0.4, 0.5) is 11.4 Å². The molecule has 8 heteroatoms. The summed E-state index contributed by atoms with van der Waals surface area (Å²) in [4.78, 5) is 12.6. The van der Waals surface area contributed by atoms with Crippen molar-refractivity contribution in [2.75, 3.05) is 16.3 Å². The Labute approximate surface area is 168 Å². The third-order valence-corrected chi connectivity index (χ3v) is 4.54. The molecule has 0 bridgehead atoms. The van der Waals surface area contributed by atoms with E-state index in [1.807, 2.05) is 30.3 Å². The van der Waals surface area contributed by atoms with E-state index in [9.17, 15) is 13.2 Å². The second kappa shape index (κ2) is 8.33. The number of hydrogen-bond donors (Lipinski definition) is 2. The average Bonchev–Trinajstić information content (AvgIpc) is 2.63. The van der Waals surface area contributed by atoms with Gasteiger partial charge in [-0.05, 0) is 42.5 Å². The molecule has 2 N–H and O–H groups in total. The van der Waals surface area contributed by atoms with Gasteiger partial charge in [0.05, 0.1) is 22.5 Å². The van der Waals surface area contributed by atoms with Gasteiger partial charge in [0, 0.05) is 5.69 Å². The topological polar surface area (TPSA) is 84.5 Å². The smallest absolute Gasteiger partial charge is 0.257 e. The van der Waals surface area contributed by atoms with Crippen molar-refractivity contribution < 1.29 is 17.9 Å². The molecule has 0 aromatic heterocycles. The predicted molar refractivity (Wildman–Crippen MR) is 111 cm³/mol. The maximum Gasteiger partial charge on any atom is 0.257 e. The van der Waals surface area contributed by atoms with Crippen molar-refractivity contribution in [2.45, 2.75) is 0 Å². The van der Waals surface area contributed by atoms with Gasteiger partial charge in [-0.2, -0.15) is 0 Å². The van der Waals surface area contributed by atoms with Crippen LogP contribution in [0.25, 0.3) is 0 Å². The Bertz CT molecular complexity index is 1100. The molecule has 0 saturated heterocycles. The van der Waals surface area contributed by atoms with Crippen LogP contribution >= 0.6 is 11.6 Å². The van der Waals surface area contributed by atoms with Gasteiger partial charge in [-0.3, -0.25) is 9.52 Å². The molecule has 28 heavy (non-hydrogen) atoms. The summed E-state index contributed by atoms with van der Waals surface area (Å²) in [6.07, 6.45) is 1.03. The lowest BCUT2D eigenvalue weighted by Crippen LogP contribution is -2.14. The molecule has 0 fully saturated rings. The average molecular weight is 417 g/mol. The van der Waals surface area contributed by atoms with Crippen LogP contribution in [-0.2, 0) is 10.0 Å². The fourth-order valence-electron chi connectivity index (χ4n) is 2.44. The Morgan fingerprint density at radius 1 is 0.964 bits per heavy atom. The monoisotopic (exact) mass is 416 g/mol. The lowest BCUT2D eigenvalue weighted by Gasteiger charge is -2.13. The Balaban J connectivity index is 1.80. The van der Waals surface area contributed by atoms with Crippen LogP contribution in [0.5, 0.6) is 11.5 Å². The molecule has 0 heterocycles. The van der Waals surface area contributed by atoms with Crippen molar-refractivity contribution in [3.05, 3.63) is 83.4 Å². The number of halogens is 1. The van der Waals surface area contributed by atoms with Crippen LogP contribution in [0.15, 0.2) is 72.8 Å². The molecule has 6 nitrogen and oxygen atoms in total. The molecule has 144 valence electrons. The Hall–Kier alpha value is -3.03. The Morgan fingerprint density at radius 2 is 1.64 bits per heavy atom. The molecule has 3 aromatic rings. The minimum atomic E-state index is -3.44. The van der Waals surface area contributed by atoms with Crippen LogP contribution in [-0.4, -0.2) is 20.6 Å². The van der Waals surface area contributed by atoms with Crippen LogP contribution < -0.4 is 14.8 Å². The van der Waals surface area contributed by atoms with Crippen LogP contribution in [0.1, 0.15) is 10.4 Å². The quantitative estimate of drug-likeness (QED) is 0.607. The molecule has 1 amide bonds. The standard InChI is InChI=1S/C20H17ClN2O4S/c1-28(25,26)23-14-11-12-16(17(21)13-14)20(24)22-18-9-5-6-10-19(18)27-15-7-3-2-4-8-15/h2-13,23H,1H3,(H,22,24). The van der Waals surface area contributed by atoms with Gasteiger partial charge in [0.2, 0.25) is 10.0 Å². The number of carbonyl (C=O) groups excluding carboxylic acids is 1. The van der Waals surface area contributed by atoms with Crippen molar-refractivity contribution in [2.24, 2.45) is 0 Å². The largest absolute Gasteiger partial charge is 0.455 e. The second-order valence-electron chi connectivity index (χ2n) is 5.93. The summed E-state index contributed by atoms with van der Waals surface area (Å²) in [7, 11) is -3.44. The highest BCUT2D eigenvalue weighted by atomic mass is 35.5. The summed E-state index contributed by atoms with van der Waals surface area (Å²) in [6.45, 7) is 0. The molecular weight excluding hydrogens is 400 g/mol. The third kappa shape index (κ3) is 5.25. The number of benzene rings is 3. The normalized spacial score (nSPS) is 10.9. The van der Waals surface area contributed by atoms with E-state index in [1.54, 1.807) is 24.3 Å². The highest BCUT2D eigenvalue weighted by molar-refractivity contribution is 7.92. The number of rotatable bonds is 6. The van der Waals surface area contributed by atoms with Crippen molar-refractivity contribution in [3.8, 4) is 11.5 Å². The summed E-state index contributed by atoms with van der Waals surface area (Å²) in [6, 6.07) is 20.5. The molecule has 3 rings (SSSR count). The second-order valence-corrected chi connectivity index (χ2v) is 8.09. The number of hydrogen-bond acceptors (Lipinski definition) is 4. The van der Waals surface area contributed by atoms with Gasteiger partial charge >= 0.3 is 0 Å². The lowest BCUT2D eigenvalue weighted by atomic mass is 10.2. The van der Waals surface area contributed by atoms with Crippen LogP contribution in [0, 0.1) is 0 Å². The molecule has 0 spiro atoms. The number of carbonyl (C=O) groups is 1. The van der Waals surface area contributed by atoms with E-state index in [0.29, 0.717) is 17.2 Å². The number of nitrogens with one attached hydrogen (secondary N) is 2. The molecular formula is C20H17ClN2O4S. The Morgan fingerprint density at radius 3 is 2.32 bits per heavy atom. The van der Waals surface area contributed by atoms with Gasteiger partial charge in [-0.25, -0.2) is 8.42 Å². The highest BCUT2D eigenvalue weighted by Gasteiger charge is 2.14. The molecule has 0 aliphatic rings. The summed E-state index contributed by atoms with van der Waals surface area (Å²) in [5, 5.41) is 2.89. The highest BCUT2D eigenvalue weighted by Crippen LogP contribution is 2.30. The molecule has 0 unspecified atom stereocenters. The summed E-state index contributed by atoms with van der Waals surface area (Å²) >= 11 is 6.16. The van der Waals surface area contributed by atoms with E-state index in [-0.39, 0.29) is 16.3 Å². The third-order valence-electron chi connectivity index (χ3n) is 3.62. The van der Waals surface area contributed by atoms with Crippen molar-refractivity contribution >= 4 is 38.9 Å². The number of ether oxygens (including phenoxy) is 1. The maximum absolute atomic E-state index is 12.6. The van der Waals surface area contributed by atoms with Crippen molar-refractivity contribution in [1.82, 2.24) is 0 Å². The molecule has 0 aliphatic carbocycles. The zero-order valence-electron chi connectivity index (χ0n) is 14.8. The van der Waals surface area contributed by atoms with E-state index < -0.39 is 15.9 Å². The SMILES string of the molecule is CS(=O)(=O)Nc1ccc(C(=O)Nc2ccccc2Oc2ccccc2)c(Cl)c1. The van der Waals surface area contributed by atoms with Gasteiger partial charge in [0.25, 0.3) is 5.91 Å². The van der Waals surface area contributed by atoms with Gasteiger partial charge in [0.1, 0.15) is 5.75 Å². The van der Waals surface area contributed by atoms with E-state index >= 15 is 0 Å². The van der Waals surface area contributed by atoms with Crippen molar-refractivity contribution in [3.63, 3.8) is 0 Å². The van der Waals surface area contributed by atoms with E-state index in [0.717, 1.165) is 6.26 Å². The number of anilines is 2. The predicted octanol–water partition coefficient (Wildman–Crippen LogP) is 4.76. The summed E-state index contributed by atoms with van der Waals surface area (Å²) in [5.74, 6) is 0.673. The number of sulfonamides is 1. The summed E-state index contributed by atoms with van der Waals surface area (Å²) in [5.41, 5.74) is 0.956. The van der Waals surface area contributed by atoms with E-state index in [1.165, 1.54) is 18.2 Å². The van der Waals surface area contributed by atoms with E-state index in [2.05, 4.69) is 10.0 Å². The molecule has 0 saturated carbocycles. The van der Waals surface area contributed by atoms with E-state index in [4.69, 9.17) is 16.3 Å². The van der Waals surface area contributed by atoms with Gasteiger partial charge in [0.15, 0.2) is 5.75 Å². The number of para-hydroxylation sites is 3. The summed E-state index contributed by atoms with van der Waals surface area (Å²) < 4.78 is 30.8. The zero-order chi connectivity index (χ0) is 20.1. The zero-order valence-corrected chi connectivity index (χ0v) is 16.4. The number of amides is 1. The minimum absolute atomic E-state index is 0.118. The fourth-order valence-corrected chi connectivity index (χ4v) is 3.26. The maximum atomic E-state index is 12.6. The van der Waals surface area contributed by atoms with Gasteiger partial charge in [-0.1, -0.05) is 41.9 Å². The first-order valence-corrected chi connectivity index (χ1v) is 10.5. The van der Waals surface area contributed by atoms with Crippen molar-refractivity contribution in [1.29, 1.82) is 0 Å². The first-order valence-electron chi connectivity index (χ1n) is 8.22. The fraction of sp³-hybridized carbons (Fsp3) is 0.0500. The molecule has 0 aliphatic heterocycles. The molecule has 3 aromatic carbocycles. The molecule has 0 atom stereocenters. The van der Waals surface area contributed by atoms with Crippen LogP contribution in [0.3, 0.4) is 0 Å². The molecule has 0 radical (unpaired) electrons. The van der Waals surface area contributed by atoms with Crippen LogP contribution in [0.2, 0.25) is 5.02 Å². The minimum Gasteiger partial charge on any atom is -0.455 e. The van der Waals surface area contributed by atoms with Gasteiger partial charge < -0.3 is 10.1 Å². The Kier molecular flexibility index (Phi) is 5.87.